The Morgan fingerprint density at radius 2 is 0.917 bits per heavy atom. The quantitative estimate of drug-likeness (QED) is 0.656. The van der Waals surface area contributed by atoms with Crippen molar-refractivity contribution >= 4 is 22.7 Å². The van der Waals surface area contributed by atoms with Crippen molar-refractivity contribution in [2.75, 3.05) is 24.9 Å². The van der Waals surface area contributed by atoms with Crippen LogP contribution in [0.15, 0.2) is 72.8 Å². The van der Waals surface area contributed by atoms with Crippen LogP contribution in [0.1, 0.15) is 0 Å². The third-order valence-corrected chi connectivity index (χ3v) is 3.67. The first kappa shape index (κ1) is 15.7. The number of ether oxygens (including phenoxy) is 2. The van der Waals surface area contributed by atoms with E-state index in [-0.39, 0.29) is 0 Å². The van der Waals surface area contributed by atoms with Crippen LogP contribution in [-0.4, -0.2) is 14.2 Å². The van der Waals surface area contributed by atoms with E-state index >= 15 is 0 Å². The minimum Gasteiger partial charge on any atom is -0.497 e. The summed E-state index contributed by atoms with van der Waals surface area (Å²) >= 11 is 0. The predicted octanol–water partition coefficient (Wildman–Crippen LogP) is 5.19. The van der Waals surface area contributed by atoms with Gasteiger partial charge >= 0.3 is 0 Å². The number of anilines is 4. The van der Waals surface area contributed by atoms with E-state index in [4.69, 9.17) is 9.47 Å². The third-order valence-electron chi connectivity index (χ3n) is 3.67. The first-order valence-corrected chi connectivity index (χ1v) is 7.69. The third kappa shape index (κ3) is 3.79. The minimum absolute atomic E-state index is 0.838. The van der Waals surface area contributed by atoms with Gasteiger partial charge in [0.15, 0.2) is 0 Å². The summed E-state index contributed by atoms with van der Waals surface area (Å²) in [4.78, 5) is 0. The molecule has 3 aromatic carbocycles. The van der Waals surface area contributed by atoms with Crippen molar-refractivity contribution in [1.82, 2.24) is 0 Å². The number of hydrogen-bond donors (Lipinski definition) is 2. The molecule has 2 N–H and O–H groups in total. The molecule has 0 aliphatic rings. The van der Waals surface area contributed by atoms with Gasteiger partial charge in [0.25, 0.3) is 0 Å². The van der Waals surface area contributed by atoms with E-state index in [0.717, 1.165) is 34.2 Å². The lowest BCUT2D eigenvalue weighted by Gasteiger charge is -2.14. The molecular formula is C20H20N2O2. The molecule has 0 heterocycles. The zero-order chi connectivity index (χ0) is 16.8. The van der Waals surface area contributed by atoms with Crippen LogP contribution in [0.5, 0.6) is 11.5 Å². The zero-order valence-corrected chi connectivity index (χ0v) is 13.7. The van der Waals surface area contributed by atoms with Gasteiger partial charge in [0.2, 0.25) is 0 Å². The van der Waals surface area contributed by atoms with Gasteiger partial charge in [-0.1, -0.05) is 12.1 Å². The van der Waals surface area contributed by atoms with E-state index in [9.17, 15) is 0 Å². The van der Waals surface area contributed by atoms with Gasteiger partial charge in [-0.25, -0.2) is 0 Å². The molecule has 0 aliphatic heterocycles. The maximum Gasteiger partial charge on any atom is 0.119 e. The number of para-hydroxylation sites is 2. The second-order valence-corrected chi connectivity index (χ2v) is 5.25. The molecule has 0 bridgehead atoms. The lowest BCUT2D eigenvalue weighted by atomic mass is 10.2. The molecule has 0 saturated carbocycles. The van der Waals surface area contributed by atoms with Crippen LogP contribution in [0.4, 0.5) is 22.7 Å². The van der Waals surface area contributed by atoms with E-state index in [2.05, 4.69) is 10.6 Å². The summed E-state index contributed by atoms with van der Waals surface area (Å²) in [5, 5.41) is 6.85. The molecule has 0 spiro atoms. The number of nitrogens with one attached hydrogen (secondary N) is 2. The highest BCUT2D eigenvalue weighted by Crippen LogP contribution is 2.29. The highest BCUT2D eigenvalue weighted by molar-refractivity contribution is 5.78. The Labute approximate surface area is 142 Å². The second kappa shape index (κ2) is 7.42. The Morgan fingerprint density at radius 3 is 1.25 bits per heavy atom. The fourth-order valence-corrected chi connectivity index (χ4v) is 2.36. The molecule has 0 atom stereocenters. The summed E-state index contributed by atoms with van der Waals surface area (Å²) in [6, 6.07) is 23.8. The molecule has 122 valence electrons. The molecule has 3 rings (SSSR count). The second-order valence-electron chi connectivity index (χ2n) is 5.25. The van der Waals surface area contributed by atoms with E-state index in [1.165, 1.54) is 0 Å². The van der Waals surface area contributed by atoms with Gasteiger partial charge in [0.1, 0.15) is 11.5 Å². The summed E-state index contributed by atoms with van der Waals surface area (Å²) in [6.45, 7) is 0. The molecular weight excluding hydrogens is 300 g/mol. The maximum atomic E-state index is 5.19. The molecule has 0 aliphatic carbocycles. The monoisotopic (exact) mass is 320 g/mol. The van der Waals surface area contributed by atoms with Crippen LogP contribution in [0.25, 0.3) is 0 Å². The lowest BCUT2D eigenvalue weighted by molar-refractivity contribution is 0.415. The van der Waals surface area contributed by atoms with Crippen LogP contribution in [-0.2, 0) is 0 Å². The van der Waals surface area contributed by atoms with Crippen LogP contribution in [0, 0.1) is 0 Å². The molecule has 0 fully saturated rings. The maximum absolute atomic E-state index is 5.19. The van der Waals surface area contributed by atoms with Gasteiger partial charge in [0, 0.05) is 11.4 Å². The fraction of sp³-hybridized carbons (Fsp3) is 0.100. The first-order chi connectivity index (χ1) is 11.8. The zero-order valence-electron chi connectivity index (χ0n) is 13.7. The molecule has 0 unspecified atom stereocenters. The molecule has 0 aromatic heterocycles. The average molecular weight is 320 g/mol. The molecule has 0 saturated heterocycles. The molecule has 0 amide bonds. The summed E-state index contributed by atoms with van der Waals surface area (Å²) < 4.78 is 10.4. The van der Waals surface area contributed by atoms with Crippen molar-refractivity contribution < 1.29 is 9.47 Å². The van der Waals surface area contributed by atoms with Gasteiger partial charge < -0.3 is 20.1 Å². The molecule has 4 nitrogen and oxygen atoms in total. The molecule has 3 aromatic rings. The number of rotatable bonds is 6. The van der Waals surface area contributed by atoms with Crippen LogP contribution in [0.3, 0.4) is 0 Å². The number of methoxy groups -OCH3 is 2. The van der Waals surface area contributed by atoms with Crippen molar-refractivity contribution in [3.8, 4) is 11.5 Å². The highest BCUT2D eigenvalue weighted by Gasteiger charge is 2.03. The van der Waals surface area contributed by atoms with Gasteiger partial charge in [-0.2, -0.15) is 0 Å². The topological polar surface area (TPSA) is 42.5 Å². The summed E-state index contributed by atoms with van der Waals surface area (Å²) in [5.41, 5.74) is 4.00. The summed E-state index contributed by atoms with van der Waals surface area (Å²) in [7, 11) is 3.33. The van der Waals surface area contributed by atoms with Crippen LogP contribution >= 0.6 is 0 Å². The number of hydrogen-bond acceptors (Lipinski definition) is 4. The van der Waals surface area contributed by atoms with Crippen molar-refractivity contribution in [1.29, 1.82) is 0 Å². The standard InChI is InChI=1S/C20H20N2O2/c1-23-17-11-7-15(8-12-17)21-19-5-3-4-6-20(19)22-16-9-13-18(24-2)14-10-16/h3-14,21-22H,1-2H3. The Bertz CT molecular complexity index is 715. The van der Waals surface area contributed by atoms with Gasteiger partial charge in [-0.05, 0) is 60.7 Å². The summed E-state index contributed by atoms with van der Waals surface area (Å²) in [5.74, 6) is 1.68. The Hall–Kier alpha value is -3.14. The molecule has 24 heavy (non-hydrogen) atoms. The normalized spacial score (nSPS) is 10.1. The predicted molar refractivity (Wildman–Crippen MR) is 99.0 cm³/mol. The van der Waals surface area contributed by atoms with E-state index in [1.807, 2.05) is 72.8 Å². The van der Waals surface area contributed by atoms with Gasteiger partial charge in [-0.3, -0.25) is 0 Å². The van der Waals surface area contributed by atoms with E-state index < -0.39 is 0 Å². The minimum atomic E-state index is 0.838. The Balaban J connectivity index is 1.78. The van der Waals surface area contributed by atoms with Crippen LogP contribution < -0.4 is 20.1 Å². The lowest BCUT2D eigenvalue weighted by Crippen LogP contribution is -1.97. The van der Waals surface area contributed by atoms with Crippen molar-refractivity contribution in [2.24, 2.45) is 0 Å². The van der Waals surface area contributed by atoms with Crippen molar-refractivity contribution in [3.05, 3.63) is 72.8 Å². The largest absolute Gasteiger partial charge is 0.497 e. The Kier molecular flexibility index (Phi) is 4.87. The van der Waals surface area contributed by atoms with Gasteiger partial charge in [-0.15, -0.1) is 0 Å². The summed E-state index contributed by atoms with van der Waals surface area (Å²) in [6.07, 6.45) is 0. The molecule has 4 heteroatoms. The number of benzene rings is 3. The highest BCUT2D eigenvalue weighted by atomic mass is 16.5. The van der Waals surface area contributed by atoms with Crippen molar-refractivity contribution in [2.45, 2.75) is 0 Å². The average Bonchev–Trinajstić information content (AvgIpc) is 2.64. The van der Waals surface area contributed by atoms with Crippen LogP contribution in [0.2, 0.25) is 0 Å². The van der Waals surface area contributed by atoms with Gasteiger partial charge in [0.05, 0.1) is 25.6 Å². The van der Waals surface area contributed by atoms with E-state index in [0.29, 0.717) is 0 Å². The van der Waals surface area contributed by atoms with E-state index in [1.54, 1.807) is 14.2 Å². The van der Waals surface area contributed by atoms with Crippen molar-refractivity contribution in [3.63, 3.8) is 0 Å². The smallest absolute Gasteiger partial charge is 0.119 e. The SMILES string of the molecule is COc1ccc(Nc2ccccc2Nc2ccc(OC)cc2)cc1. The fourth-order valence-electron chi connectivity index (χ4n) is 2.36. The first-order valence-electron chi connectivity index (χ1n) is 7.69. The Morgan fingerprint density at radius 1 is 0.542 bits per heavy atom. The molecule has 0 radical (unpaired) electrons.